The molecule has 0 bridgehead atoms. The molecule has 0 atom stereocenters. The number of anilines is 3. The number of nitrogens with one attached hydrogen (secondary N) is 1. The Balaban J connectivity index is 1.97. The maximum absolute atomic E-state index is 13.0. The summed E-state index contributed by atoms with van der Waals surface area (Å²) in [6, 6.07) is 10.4. The highest BCUT2D eigenvalue weighted by Gasteiger charge is 2.24. The molecule has 0 aliphatic rings. The lowest BCUT2D eigenvalue weighted by Gasteiger charge is -2.17. The molecule has 34 heavy (non-hydrogen) atoms. The van der Waals surface area contributed by atoms with Gasteiger partial charge in [-0.1, -0.05) is 17.7 Å². The second-order valence-corrected chi connectivity index (χ2v) is 11.0. The van der Waals surface area contributed by atoms with Gasteiger partial charge in [0.25, 0.3) is 0 Å². The van der Waals surface area contributed by atoms with Gasteiger partial charge in [0.15, 0.2) is 15.7 Å². The van der Waals surface area contributed by atoms with Gasteiger partial charge in [0.2, 0.25) is 5.28 Å². The number of rotatable bonds is 8. The van der Waals surface area contributed by atoms with Crippen LogP contribution in [0.1, 0.15) is 30.5 Å². The van der Waals surface area contributed by atoms with E-state index in [-0.39, 0.29) is 39.7 Å². The SMILES string of the molecule is Cc1cc(N)c(OCc2ccc(S(=O)(=O)C(C)C)c(Nc3nc(Cl)ncc3Cl)c2)cc1CC#N. The zero-order valence-electron chi connectivity index (χ0n) is 18.8. The third-order valence-corrected chi connectivity index (χ3v) is 7.74. The fraction of sp³-hybridized carbons (Fsp3) is 0.261. The van der Waals surface area contributed by atoms with Crippen LogP contribution in [-0.4, -0.2) is 23.6 Å². The third kappa shape index (κ3) is 5.70. The third-order valence-electron chi connectivity index (χ3n) is 5.07. The van der Waals surface area contributed by atoms with Gasteiger partial charge in [0.1, 0.15) is 17.4 Å². The lowest BCUT2D eigenvalue weighted by Crippen LogP contribution is -2.16. The summed E-state index contributed by atoms with van der Waals surface area (Å²) in [6.45, 7) is 5.19. The average molecular weight is 520 g/mol. The number of nitriles is 1. The first kappa shape index (κ1) is 25.6. The van der Waals surface area contributed by atoms with E-state index in [2.05, 4.69) is 21.4 Å². The fourth-order valence-electron chi connectivity index (χ4n) is 3.14. The summed E-state index contributed by atoms with van der Waals surface area (Å²) in [5.74, 6) is 0.610. The predicted octanol–water partition coefficient (Wildman–Crippen LogP) is 5.24. The number of nitrogens with two attached hydrogens (primary N) is 1. The zero-order chi connectivity index (χ0) is 25.0. The summed E-state index contributed by atoms with van der Waals surface area (Å²) >= 11 is 12.1. The monoisotopic (exact) mass is 519 g/mol. The summed E-state index contributed by atoms with van der Waals surface area (Å²) in [7, 11) is -3.63. The maximum atomic E-state index is 13.0. The first-order chi connectivity index (χ1) is 16.0. The highest BCUT2D eigenvalue weighted by atomic mass is 35.5. The van der Waals surface area contributed by atoms with Gasteiger partial charge < -0.3 is 15.8 Å². The summed E-state index contributed by atoms with van der Waals surface area (Å²) in [5, 5.41) is 11.5. The molecule has 0 amide bonds. The number of hydrogen-bond donors (Lipinski definition) is 2. The van der Waals surface area contributed by atoms with Gasteiger partial charge in [0, 0.05) is 0 Å². The summed E-state index contributed by atoms with van der Waals surface area (Å²) in [5.41, 5.74) is 9.20. The highest BCUT2D eigenvalue weighted by molar-refractivity contribution is 7.92. The second kappa shape index (κ2) is 10.5. The summed E-state index contributed by atoms with van der Waals surface area (Å²) in [6.07, 6.45) is 1.56. The Hall–Kier alpha value is -3.06. The molecule has 8 nitrogen and oxygen atoms in total. The highest BCUT2D eigenvalue weighted by Crippen LogP contribution is 2.32. The second-order valence-electron chi connectivity index (χ2n) is 7.82. The molecular formula is C23H23Cl2N5O3S. The molecule has 11 heteroatoms. The number of sulfone groups is 1. The van der Waals surface area contributed by atoms with E-state index in [0.717, 1.165) is 11.1 Å². The first-order valence-electron chi connectivity index (χ1n) is 10.2. The molecule has 0 saturated heterocycles. The molecule has 1 heterocycles. The number of hydrogen-bond acceptors (Lipinski definition) is 8. The molecule has 3 N–H and O–H groups in total. The Bertz CT molecular complexity index is 1370. The standard InChI is InChI=1S/C23H23Cl2N5O3S/c1-13(2)34(31,32)21-5-4-15(9-19(21)29-22-17(24)11-28-23(25)30-22)12-33-20-10-16(6-7-26)14(3)8-18(20)27/h4-5,8-11,13H,6,12,27H2,1-3H3,(H,28,29,30). The molecule has 0 unspecified atom stereocenters. The van der Waals surface area contributed by atoms with E-state index in [1.54, 1.807) is 38.1 Å². The van der Waals surface area contributed by atoms with Crippen molar-refractivity contribution in [2.24, 2.45) is 0 Å². The van der Waals surface area contributed by atoms with Crippen molar-refractivity contribution in [3.05, 3.63) is 63.5 Å². The lowest BCUT2D eigenvalue weighted by atomic mass is 10.0. The first-order valence-corrected chi connectivity index (χ1v) is 12.5. The molecule has 3 rings (SSSR count). The number of halogens is 2. The summed E-state index contributed by atoms with van der Waals surface area (Å²) < 4.78 is 31.8. The molecule has 0 aliphatic heterocycles. The Morgan fingerprint density at radius 2 is 1.97 bits per heavy atom. The van der Waals surface area contributed by atoms with Crippen LogP contribution < -0.4 is 15.8 Å². The van der Waals surface area contributed by atoms with E-state index < -0.39 is 15.1 Å². The van der Waals surface area contributed by atoms with Crippen LogP contribution in [0.25, 0.3) is 0 Å². The molecule has 2 aromatic carbocycles. The number of benzene rings is 2. The van der Waals surface area contributed by atoms with Gasteiger partial charge in [-0.25, -0.2) is 13.4 Å². The maximum Gasteiger partial charge on any atom is 0.224 e. The Morgan fingerprint density at radius 3 is 2.65 bits per heavy atom. The van der Waals surface area contributed by atoms with Crippen molar-refractivity contribution >= 4 is 50.2 Å². The van der Waals surface area contributed by atoms with Gasteiger partial charge in [-0.3, -0.25) is 0 Å². The van der Waals surface area contributed by atoms with Gasteiger partial charge in [-0.2, -0.15) is 10.2 Å². The van der Waals surface area contributed by atoms with Crippen LogP contribution in [0.15, 0.2) is 41.4 Å². The Labute approximate surface area is 208 Å². The van der Waals surface area contributed by atoms with E-state index in [1.165, 1.54) is 12.3 Å². The van der Waals surface area contributed by atoms with E-state index in [9.17, 15) is 8.42 Å². The molecule has 0 radical (unpaired) electrons. The quantitative estimate of drug-likeness (QED) is 0.304. The molecule has 3 aromatic rings. The molecule has 0 aliphatic carbocycles. The van der Waals surface area contributed by atoms with Crippen LogP contribution in [0.2, 0.25) is 10.3 Å². The van der Waals surface area contributed by atoms with Crippen LogP contribution in [0, 0.1) is 18.3 Å². The van der Waals surface area contributed by atoms with Crippen molar-refractivity contribution in [3.8, 4) is 11.8 Å². The predicted molar refractivity (Wildman–Crippen MR) is 133 cm³/mol. The van der Waals surface area contributed by atoms with E-state index in [4.69, 9.17) is 38.9 Å². The minimum atomic E-state index is -3.63. The molecule has 0 fully saturated rings. The van der Waals surface area contributed by atoms with Gasteiger partial charge >= 0.3 is 0 Å². The van der Waals surface area contributed by atoms with Gasteiger partial charge in [-0.05, 0) is 73.3 Å². The smallest absolute Gasteiger partial charge is 0.224 e. The van der Waals surface area contributed by atoms with Gasteiger partial charge in [-0.15, -0.1) is 0 Å². The van der Waals surface area contributed by atoms with Crippen LogP contribution in [0.4, 0.5) is 17.2 Å². The van der Waals surface area contributed by atoms with Crippen molar-refractivity contribution in [3.63, 3.8) is 0 Å². The zero-order valence-corrected chi connectivity index (χ0v) is 21.1. The van der Waals surface area contributed by atoms with Crippen molar-refractivity contribution in [1.29, 1.82) is 5.26 Å². The van der Waals surface area contributed by atoms with Crippen LogP contribution in [-0.2, 0) is 22.9 Å². The van der Waals surface area contributed by atoms with E-state index in [1.807, 2.05) is 6.92 Å². The van der Waals surface area contributed by atoms with Crippen molar-refractivity contribution in [1.82, 2.24) is 9.97 Å². The van der Waals surface area contributed by atoms with Crippen molar-refractivity contribution in [2.75, 3.05) is 11.1 Å². The van der Waals surface area contributed by atoms with E-state index in [0.29, 0.717) is 17.0 Å². The van der Waals surface area contributed by atoms with Crippen molar-refractivity contribution in [2.45, 2.75) is 43.9 Å². The normalized spacial score (nSPS) is 11.3. The van der Waals surface area contributed by atoms with Crippen LogP contribution in [0.3, 0.4) is 0 Å². The lowest BCUT2D eigenvalue weighted by molar-refractivity contribution is 0.307. The molecule has 0 spiro atoms. The van der Waals surface area contributed by atoms with Crippen LogP contribution >= 0.6 is 23.2 Å². The number of aromatic nitrogens is 2. The number of ether oxygens (including phenoxy) is 1. The van der Waals surface area contributed by atoms with Crippen LogP contribution in [0.5, 0.6) is 5.75 Å². The van der Waals surface area contributed by atoms with Crippen molar-refractivity contribution < 1.29 is 13.2 Å². The minimum absolute atomic E-state index is 0.0392. The molecular weight excluding hydrogens is 497 g/mol. The molecule has 0 saturated carbocycles. The average Bonchev–Trinajstić information content (AvgIpc) is 2.77. The summed E-state index contributed by atoms with van der Waals surface area (Å²) in [4.78, 5) is 7.94. The number of aryl methyl sites for hydroxylation is 1. The minimum Gasteiger partial charge on any atom is -0.487 e. The largest absolute Gasteiger partial charge is 0.487 e. The number of nitrogens with zero attached hydrogens (tertiary/aromatic N) is 3. The van der Waals surface area contributed by atoms with E-state index >= 15 is 0 Å². The molecule has 1 aromatic heterocycles. The molecule has 178 valence electrons. The fourth-order valence-corrected chi connectivity index (χ4v) is 4.60. The topological polar surface area (TPSA) is 131 Å². The van der Waals surface area contributed by atoms with Gasteiger partial charge in [0.05, 0.1) is 40.2 Å². The number of nitrogen functional groups attached to an aromatic ring is 1. The Kier molecular flexibility index (Phi) is 7.87. The Morgan fingerprint density at radius 1 is 1.24 bits per heavy atom.